The second-order valence-corrected chi connectivity index (χ2v) is 14.6. The van der Waals surface area contributed by atoms with Crippen LogP contribution in [0.15, 0.2) is 91.0 Å². The Morgan fingerprint density at radius 1 is 0.475 bits per heavy atom. The molecule has 3 aromatic carbocycles. The Morgan fingerprint density at radius 2 is 0.800 bits per heavy atom. The molecule has 1 saturated heterocycles. The summed E-state index contributed by atoms with van der Waals surface area (Å²) < 4.78 is 0. The zero-order valence-corrected chi connectivity index (χ0v) is 23.8. The van der Waals surface area contributed by atoms with Crippen LogP contribution in [0.2, 0.25) is 0 Å². The topological polar surface area (TPSA) is 57.7 Å². The second-order valence-electron chi connectivity index (χ2n) is 11.2. The number of carbonyl (C=O) groups excluding carboxylic acids is 3. The van der Waals surface area contributed by atoms with Crippen LogP contribution in [0.3, 0.4) is 0 Å². The molecule has 40 heavy (non-hydrogen) atoms. The monoisotopic (exact) mass is 552 g/mol. The Labute approximate surface area is 237 Å². The zero-order valence-electron chi connectivity index (χ0n) is 23.0. The Kier molecular flexibility index (Phi) is 7.76. The highest BCUT2D eigenvalue weighted by Gasteiger charge is 2.51. The van der Waals surface area contributed by atoms with Gasteiger partial charge < -0.3 is 0 Å². The minimum absolute atomic E-state index is 0.174. The number of benzene rings is 3. The third kappa shape index (κ3) is 4.55. The van der Waals surface area contributed by atoms with Crippen molar-refractivity contribution < 1.29 is 14.4 Å². The van der Waals surface area contributed by atoms with E-state index in [2.05, 4.69) is 0 Å². The summed E-state index contributed by atoms with van der Waals surface area (Å²) in [4.78, 5) is 47.0. The SMILES string of the molecule is O=C1C(=P(c2ccccc2)(c2ccccc2)c2ccccc2)C(=O)N(C2CCCCC2)C(=O)N1C1CCCCC1. The summed E-state index contributed by atoms with van der Waals surface area (Å²) in [6.07, 6.45) is 9.38. The fraction of sp³-hybridized carbons (Fsp3) is 0.353. The fourth-order valence-electron chi connectivity index (χ4n) is 7.01. The van der Waals surface area contributed by atoms with Gasteiger partial charge in [-0.05, 0) is 48.5 Å². The number of carbonyl (C=O) groups is 3. The maximum absolute atomic E-state index is 14.9. The van der Waals surface area contributed by atoms with Gasteiger partial charge in [-0.3, -0.25) is 19.4 Å². The quantitative estimate of drug-likeness (QED) is 0.387. The highest BCUT2D eigenvalue weighted by atomic mass is 31.2. The molecule has 1 heterocycles. The molecule has 0 bridgehead atoms. The highest BCUT2D eigenvalue weighted by Crippen LogP contribution is 2.48. The molecule has 3 aliphatic rings. The van der Waals surface area contributed by atoms with E-state index < -0.39 is 12.9 Å². The van der Waals surface area contributed by atoms with E-state index in [1.807, 2.05) is 91.0 Å². The van der Waals surface area contributed by atoms with Crippen LogP contribution in [0.5, 0.6) is 0 Å². The summed E-state index contributed by atoms with van der Waals surface area (Å²) >= 11 is 0. The van der Waals surface area contributed by atoms with Crippen LogP contribution in [-0.2, 0) is 9.59 Å². The number of urea groups is 1. The molecule has 0 spiro atoms. The summed E-state index contributed by atoms with van der Waals surface area (Å²) in [6.45, 7) is -2.96. The van der Waals surface area contributed by atoms with Crippen molar-refractivity contribution in [3.63, 3.8) is 0 Å². The molecule has 0 unspecified atom stereocenters. The van der Waals surface area contributed by atoms with Crippen LogP contribution in [-0.4, -0.2) is 45.0 Å². The summed E-state index contributed by atoms with van der Waals surface area (Å²) in [5, 5.41) is 3.12. The van der Waals surface area contributed by atoms with Crippen LogP contribution in [0.25, 0.3) is 0 Å². The van der Waals surface area contributed by atoms with Gasteiger partial charge in [0, 0.05) is 12.1 Å². The molecule has 6 heteroatoms. The summed E-state index contributed by atoms with van der Waals surface area (Å²) in [5.41, 5.74) is 0. The Bertz CT molecular complexity index is 1280. The molecular formula is C34H37N2O3P. The van der Waals surface area contributed by atoms with Crippen molar-refractivity contribution in [1.29, 1.82) is 0 Å². The first-order valence-electron chi connectivity index (χ1n) is 14.8. The van der Waals surface area contributed by atoms with Crippen molar-refractivity contribution in [1.82, 2.24) is 9.80 Å². The Balaban J connectivity index is 1.72. The lowest BCUT2D eigenvalue weighted by molar-refractivity contribution is -0.133. The first-order valence-corrected chi connectivity index (χ1v) is 16.6. The van der Waals surface area contributed by atoms with E-state index in [9.17, 15) is 14.4 Å². The molecule has 2 aliphatic carbocycles. The minimum atomic E-state index is -2.96. The third-order valence-electron chi connectivity index (χ3n) is 8.90. The van der Waals surface area contributed by atoms with Gasteiger partial charge in [-0.2, -0.15) is 0 Å². The number of hydrogen-bond donors (Lipinski definition) is 0. The van der Waals surface area contributed by atoms with Gasteiger partial charge in [0.25, 0.3) is 11.8 Å². The second kappa shape index (κ2) is 11.6. The standard InChI is InChI=1S/C34H37N2O3P/c37-32-31(33(38)36(27-18-8-2-9-19-27)34(39)35(32)26-16-6-1-7-17-26)40(28-20-10-3-11-21-28,29-22-12-4-13-23-29)30-24-14-5-15-25-30/h3-5,10-15,20-27H,1-2,6-9,16-19H2. The Morgan fingerprint density at radius 3 is 1.12 bits per heavy atom. The van der Waals surface area contributed by atoms with E-state index in [0.29, 0.717) is 0 Å². The molecule has 206 valence electrons. The van der Waals surface area contributed by atoms with Crippen molar-refractivity contribution in [3.05, 3.63) is 91.0 Å². The van der Waals surface area contributed by atoms with Crippen molar-refractivity contribution >= 4 is 45.9 Å². The van der Waals surface area contributed by atoms with Crippen molar-refractivity contribution in [3.8, 4) is 0 Å². The van der Waals surface area contributed by atoms with Crippen LogP contribution in [0.1, 0.15) is 64.2 Å². The van der Waals surface area contributed by atoms with Gasteiger partial charge in [0.15, 0.2) is 0 Å². The largest absolute Gasteiger partial charge is 0.334 e. The number of barbiturate groups is 1. The fourth-order valence-corrected chi connectivity index (χ4v) is 11.3. The lowest BCUT2D eigenvalue weighted by Gasteiger charge is -2.45. The predicted molar refractivity (Wildman–Crippen MR) is 163 cm³/mol. The van der Waals surface area contributed by atoms with Crippen LogP contribution >= 0.6 is 6.89 Å². The molecule has 1 aliphatic heterocycles. The van der Waals surface area contributed by atoms with Crippen molar-refractivity contribution in [2.24, 2.45) is 0 Å². The molecule has 6 rings (SSSR count). The van der Waals surface area contributed by atoms with E-state index in [4.69, 9.17) is 0 Å². The molecule has 0 N–H and O–H groups in total. The summed E-state index contributed by atoms with van der Waals surface area (Å²) in [5.74, 6) is -0.780. The number of imide groups is 2. The molecule has 0 radical (unpaired) electrons. The summed E-state index contributed by atoms with van der Waals surface area (Å²) in [7, 11) is 0. The zero-order chi connectivity index (χ0) is 27.5. The lowest BCUT2D eigenvalue weighted by atomic mass is 9.91. The molecule has 3 fully saturated rings. The van der Waals surface area contributed by atoms with E-state index >= 15 is 0 Å². The van der Waals surface area contributed by atoms with E-state index in [1.165, 1.54) is 9.80 Å². The summed E-state index contributed by atoms with van der Waals surface area (Å²) in [6, 6.07) is 29.4. The van der Waals surface area contributed by atoms with E-state index in [-0.39, 0.29) is 29.2 Å². The first-order chi connectivity index (χ1) is 19.6. The smallest absolute Gasteiger partial charge is 0.268 e. The average Bonchev–Trinajstić information content (AvgIpc) is 3.02. The number of hydrogen-bond acceptors (Lipinski definition) is 3. The minimum Gasteiger partial charge on any atom is -0.268 e. The number of rotatable bonds is 5. The van der Waals surface area contributed by atoms with Crippen molar-refractivity contribution in [2.45, 2.75) is 76.3 Å². The van der Waals surface area contributed by atoms with E-state index in [0.717, 1.165) is 80.1 Å². The third-order valence-corrected chi connectivity index (χ3v) is 13.2. The van der Waals surface area contributed by atoms with Crippen LogP contribution in [0, 0.1) is 0 Å². The molecule has 0 atom stereocenters. The molecule has 0 aromatic heterocycles. The maximum atomic E-state index is 14.9. The predicted octanol–water partition coefficient (Wildman–Crippen LogP) is 5.61. The van der Waals surface area contributed by atoms with Gasteiger partial charge in [0.2, 0.25) is 0 Å². The van der Waals surface area contributed by atoms with E-state index in [1.54, 1.807) is 0 Å². The van der Waals surface area contributed by atoms with Gasteiger partial charge in [0.1, 0.15) is 5.29 Å². The first kappa shape index (κ1) is 26.8. The number of nitrogens with zero attached hydrogens (tertiary/aromatic N) is 2. The van der Waals surface area contributed by atoms with Gasteiger partial charge in [-0.15, -0.1) is 0 Å². The molecule has 2 saturated carbocycles. The normalized spacial score (nSPS) is 19.8. The lowest BCUT2D eigenvalue weighted by Crippen LogP contribution is -2.66. The van der Waals surface area contributed by atoms with Crippen molar-refractivity contribution in [2.75, 3.05) is 0 Å². The molecule has 4 amide bonds. The Hall–Kier alpha value is -3.43. The average molecular weight is 553 g/mol. The molecule has 3 aromatic rings. The van der Waals surface area contributed by atoms with Gasteiger partial charge in [-0.1, -0.05) is 130 Å². The van der Waals surface area contributed by atoms with Gasteiger partial charge in [0.05, 0.1) is 0 Å². The van der Waals surface area contributed by atoms with Gasteiger partial charge in [-0.25, -0.2) is 4.79 Å². The maximum Gasteiger partial charge on any atom is 0.334 e. The highest BCUT2D eigenvalue weighted by molar-refractivity contribution is 7.97. The van der Waals surface area contributed by atoms with Gasteiger partial charge >= 0.3 is 6.03 Å². The number of amides is 4. The molecule has 5 nitrogen and oxygen atoms in total. The van der Waals surface area contributed by atoms with Crippen LogP contribution in [0.4, 0.5) is 4.79 Å². The van der Waals surface area contributed by atoms with Crippen LogP contribution < -0.4 is 15.9 Å². The molecular weight excluding hydrogens is 515 g/mol.